The zero-order valence-corrected chi connectivity index (χ0v) is 14.6. The molecule has 0 spiro atoms. The van der Waals surface area contributed by atoms with Crippen molar-refractivity contribution in [2.75, 3.05) is 11.9 Å². The van der Waals surface area contributed by atoms with E-state index in [0.29, 0.717) is 39.3 Å². The lowest BCUT2D eigenvalue weighted by atomic mass is 10.1. The monoisotopic (exact) mass is 355 g/mol. The summed E-state index contributed by atoms with van der Waals surface area (Å²) in [5, 5.41) is 3.30. The van der Waals surface area contributed by atoms with Crippen molar-refractivity contribution in [3.8, 4) is 5.75 Å². The topological polar surface area (TPSA) is 76.1 Å². The molecule has 6 nitrogen and oxygen atoms in total. The predicted molar refractivity (Wildman–Crippen MR) is 99.9 cm³/mol. The molecule has 2 N–H and O–H groups in total. The number of aromatic nitrogens is 2. The van der Waals surface area contributed by atoms with Crippen LogP contribution in [0.5, 0.6) is 5.75 Å². The highest BCUT2D eigenvalue weighted by Crippen LogP contribution is 2.24. The molecule has 0 atom stereocenters. The van der Waals surface area contributed by atoms with E-state index in [4.69, 9.17) is 17.0 Å². The highest BCUT2D eigenvalue weighted by Gasteiger charge is 2.12. The van der Waals surface area contributed by atoms with E-state index in [9.17, 15) is 9.59 Å². The van der Waals surface area contributed by atoms with E-state index in [1.807, 2.05) is 19.1 Å². The van der Waals surface area contributed by atoms with Gasteiger partial charge in [0.15, 0.2) is 4.77 Å². The summed E-state index contributed by atoms with van der Waals surface area (Å²) in [7, 11) is 1.60. The molecule has 1 aromatic heterocycles. The minimum atomic E-state index is -0.297. The molecule has 0 saturated carbocycles. The third kappa shape index (κ3) is 3.32. The first kappa shape index (κ1) is 16.9. The van der Waals surface area contributed by atoms with Crippen LogP contribution >= 0.6 is 12.2 Å². The molecule has 0 unspecified atom stereocenters. The summed E-state index contributed by atoms with van der Waals surface area (Å²) in [5.41, 5.74) is 1.33. The van der Waals surface area contributed by atoms with Crippen LogP contribution in [0.2, 0.25) is 0 Å². The van der Waals surface area contributed by atoms with E-state index in [2.05, 4.69) is 10.3 Å². The van der Waals surface area contributed by atoms with Crippen molar-refractivity contribution in [3.05, 3.63) is 63.2 Å². The summed E-state index contributed by atoms with van der Waals surface area (Å²) in [6.07, 6.45) is 0. The van der Waals surface area contributed by atoms with Gasteiger partial charge in [0, 0.05) is 12.6 Å². The summed E-state index contributed by atoms with van der Waals surface area (Å²) < 4.78 is 7.17. The molecule has 0 aliphatic rings. The van der Waals surface area contributed by atoms with Crippen LogP contribution in [0.1, 0.15) is 17.3 Å². The molecule has 0 aliphatic carbocycles. The number of ether oxygens (including phenoxy) is 1. The Morgan fingerprint density at radius 3 is 2.80 bits per heavy atom. The second-order valence-corrected chi connectivity index (χ2v) is 5.82. The second kappa shape index (κ2) is 6.90. The molecule has 7 heteroatoms. The van der Waals surface area contributed by atoms with Gasteiger partial charge in [0.05, 0.1) is 23.2 Å². The van der Waals surface area contributed by atoms with Gasteiger partial charge in [-0.15, -0.1) is 0 Å². The molecule has 0 bridgehead atoms. The Labute approximate surface area is 149 Å². The summed E-state index contributed by atoms with van der Waals surface area (Å²) in [6.45, 7) is 2.38. The maximum Gasteiger partial charge on any atom is 0.261 e. The number of hydrogen-bond donors (Lipinski definition) is 2. The van der Waals surface area contributed by atoms with Crippen molar-refractivity contribution in [1.82, 2.24) is 9.55 Å². The zero-order valence-electron chi connectivity index (χ0n) is 13.8. The first-order chi connectivity index (χ1) is 12.0. The Hall–Kier alpha value is -2.93. The summed E-state index contributed by atoms with van der Waals surface area (Å²) in [6, 6.07) is 12.1. The fourth-order valence-electron chi connectivity index (χ4n) is 2.49. The van der Waals surface area contributed by atoms with Gasteiger partial charge in [0.2, 0.25) is 0 Å². The highest BCUT2D eigenvalue weighted by atomic mass is 32.1. The smallest absolute Gasteiger partial charge is 0.261 e. The number of carbonyl (C=O) groups excluding carboxylic acids is 1. The van der Waals surface area contributed by atoms with Gasteiger partial charge in [-0.2, -0.15) is 0 Å². The molecule has 0 saturated heterocycles. The molecule has 25 heavy (non-hydrogen) atoms. The van der Waals surface area contributed by atoms with E-state index in [-0.39, 0.29) is 11.5 Å². The van der Waals surface area contributed by atoms with Crippen LogP contribution in [0, 0.1) is 4.77 Å². The van der Waals surface area contributed by atoms with Gasteiger partial charge in [-0.1, -0.05) is 12.1 Å². The van der Waals surface area contributed by atoms with Crippen LogP contribution in [0.15, 0.2) is 47.3 Å². The molecular weight excluding hydrogens is 338 g/mol. The van der Waals surface area contributed by atoms with Gasteiger partial charge in [-0.3, -0.25) is 14.2 Å². The predicted octanol–water partition coefficient (Wildman–Crippen LogP) is 3.25. The molecule has 2 aromatic carbocycles. The fraction of sp³-hybridized carbons (Fsp3) is 0.167. The van der Waals surface area contributed by atoms with Crippen molar-refractivity contribution in [3.63, 3.8) is 0 Å². The van der Waals surface area contributed by atoms with Gasteiger partial charge in [-0.05, 0) is 49.5 Å². The molecular formula is C18H17N3O3S. The number of carbonyl (C=O) groups is 1. The maximum absolute atomic E-state index is 12.6. The quantitative estimate of drug-likeness (QED) is 0.705. The number of benzene rings is 2. The van der Waals surface area contributed by atoms with Crippen molar-refractivity contribution >= 4 is 34.7 Å². The number of rotatable bonds is 4. The van der Waals surface area contributed by atoms with E-state index in [1.54, 1.807) is 37.4 Å². The van der Waals surface area contributed by atoms with Gasteiger partial charge in [0.25, 0.3) is 11.5 Å². The van der Waals surface area contributed by atoms with Crippen LogP contribution in [-0.2, 0) is 7.05 Å². The Bertz CT molecular complexity index is 1070. The maximum atomic E-state index is 12.6. The molecule has 0 fully saturated rings. The number of para-hydroxylation sites is 2. The number of nitrogens with one attached hydrogen (secondary N) is 2. The lowest BCUT2D eigenvalue weighted by molar-refractivity contribution is 0.102. The molecule has 128 valence electrons. The van der Waals surface area contributed by atoms with Crippen LogP contribution in [0.4, 0.5) is 5.69 Å². The van der Waals surface area contributed by atoms with E-state index in [0.717, 1.165) is 0 Å². The molecule has 1 amide bonds. The lowest BCUT2D eigenvalue weighted by Crippen LogP contribution is -2.19. The van der Waals surface area contributed by atoms with Crippen molar-refractivity contribution in [2.24, 2.45) is 7.05 Å². The van der Waals surface area contributed by atoms with E-state index < -0.39 is 0 Å². The zero-order chi connectivity index (χ0) is 18.0. The number of anilines is 1. The standard InChI is InChI=1S/C18H17N3O3S/c1-3-24-15-7-5-4-6-13(15)19-16(22)11-8-9-12-14(10-11)20-18(25)21(2)17(12)23/h4-10H,3H2,1-2H3,(H,19,22)(H,20,25). The van der Waals surface area contributed by atoms with Crippen LogP contribution in [0.3, 0.4) is 0 Å². The normalized spacial score (nSPS) is 10.6. The second-order valence-electron chi connectivity index (χ2n) is 5.44. The summed E-state index contributed by atoms with van der Waals surface area (Å²) in [5.74, 6) is 0.307. The van der Waals surface area contributed by atoms with Gasteiger partial charge in [-0.25, -0.2) is 0 Å². The van der Waals surface area contributed by atoms with Gasteiger partial charge < -0.3 is 15.0 Å². The molecule has 3 rings (SSSR count). The Morgan fingerprint density at radius 2 is 2.04 bits per heavy atom. The van der Waals surface area contributed by atoms with E-state index in [1.165, 1.54) is 4.57 Å². The SMILES string of the molecule is CCOc1ccccc1NC(=O)c1ccc2c(=O)n(C)c(=S)[nH]c2c1. The number of fused-ring (bicyclic) bond motifs is 1. The first-order valence-corrected chi connectivity index (χ1v) is 8.18. The third-order valence-corrected chi connectivity index (χ3v) is 4.17. The number of nitrogens with zero attached hydrogens (tertiary/aromatic N) is 1. The minimum Gasteiger partial charge on any atom is -0.492 e. The number of hydrogen-bond acceptors (Lipinski definition) is 4. The van der Waals surface area contributed by atoms with Gasteiger partial charge in [0.1, 0.15) is 5.75 Å². The van der Waals surface area contributed by atoms with Gasteiger partial charge >= 0.3 is 0 Å². The van der Waals surface area contributed by atoms with Crippen LogP contribution in [-0.4, -0.2) is 22.1 Å². The minimum absolute atomic E-state index is 0.201. The third-order valence-electron chi connectivity index (χ3n) is 3.80. The number of amides is 1. The molecule has 3 aromatic rings. The number of H-pyrrole nitrogens is 1. The summed E-state index contributed by atoms with van der Waals surface area (Å²) in [4.78, 5) is 27.7. The molecule has 1 heterocycles. The van der Waals surface area contributed by atoms with E-state index >= 15 is 0 Å². The number of aromatic amines is 1. The van der Waals surface area contributed by atoms with Crippen molar-refractivity contribution < 1.29 is 9.53 Å². The first-order valence-electron chi connectivity index (χ1n) is 7.77. The average Bonchev–Trinajstić information content (AvgIpc) is 2.61. The van der Waals surface area contributed by atoms with Crippen LogP contribution < -0.4 is 15.6 Å². The Kier molecular flexibility index (Phi) is 4.67. The lowest BCUT2D eigenvalue weighted by Gasteiger charge is -2.11. The molecule has 0 aliphatic heterocycles. The average molecular weight is 355 g/mol. The largest absolute Gasteiger partial charge is 0.492 e. The Morgan fingerprint density at radius 1 is 1.28 bits per heavy atom. The highest BCUT2D eigenvalue weighted by molar-refractivity contribution is 7.71. The van der Waals surface area contributed by atoms with Crippen molar-refractivity contribution in [1.29, 1.82) is 0 Å². The molecule has 0 radical (unpaired) electrons. The van der Waals surface area contributed by atoms with Crippen LogP contribution in [0.25, 0.3) is 10.9 Å². The van der Waals surface area contributed by atoms with Crippen molar-refractivity contribution in [2.45, 2.75) is 6.92 Å². The summed E-state index contributed by atoms with van der Waals surface area (Å²) >= 11 is 5.12. The fourth-order valence-corrected chi connectivity index (χ4v) is 2.69. The Balaban J connectivity index is 1.97.